The summed E-state index contributed by atoms with van der Waals surface area (Å²) in [7, 11) is 12.2. The van der Waals surface area contributed by atoms with Crippen LogP contribution in [0, 0.1) is 0 Å². The number of rotatable bonds is 16. The van der Waals surface area contributed by atoms with Crippen LogP contribution in [0.15, 0.2) is 158 Å². The fraction of sp³-hybridized carbons (Fsp3) is 0.176. The summed E-state index contributed by atoms with van der Waals surface area (Å²) in [6.07, 6.45) is -1.22. The molecule has 0 aliphatic rings. The SMILES string of the molecule is COc1cc(OC)c([PH+](c2c(OC)cc(OC)cc2OC)c2c(OC)cc(OC)cc2OC)c(OC)c1.c1ccc([B-](c2ccccc2)(c2ccccc2)c2ccccc2)cc1. The number of benzene rings is 7. The minimum Gasteiger partial charge on any atom is -0.496 e. The van der Waals surface area contributed by atoms with Gasteiger partial charge in [0.2, 0.25) is 0 Å². The van der Waals surface area contributed by atoms with Crippen molar-refractivity contribution in [2.75, 3.05) is 64.0 Å². The molecule has 0 bridgehead atoms. The van der Waals surface area contributed by atoms with E-state index >= 15 is 0 Å². The van der Waals surface area contributed by atoms with Gasteiger partial charge >= 0.3 is 0 Å². The zero-order valence-corrected chi connectivity index (χ0v) is 37.8. The van der Waals surface area contributed by atoms with Gasteiger partial charge in [-0.3, -0.25) is 0 Å². The first kappa shape index (κ1) is 44.8. The van der Waals surface area contributed by atoms with Crippen LogP contribution in [0.25, 0.3) is 0 Å². The standard InChI is InChI=1S/C27H33O9P.C24H20B/c1-28-16-10-19(31-4)25(20(11-16)32-5)37(26-21(33-6)12-17(29-2)13-22(26)34-7)27-23(35-8)14-18(30-3)15-24(27)36-9;1-5-13-21(14-6-1)25(22-15-7-2-8-16-22,23-17-9-3-10-18-23)24-19-11-4-12-20-24/h10-15H,1-9H3;1-20H/q;-1/p+1. The lowest BCUT2D eigenvalue weighted by Crippen LogP contribution is -2.74. The number of hydrogen-bond donors (Lipinski definition) is 0. The quantitative estimate of drug-likeness (QED) is 0.0821. The van der Waals surface area contributed by atoms with E-state index < -0.39 is 14.1 Å². The second-order valence-corrected chi connectivity index (χ2v) is 16.4. The van der Waals surface area contributed by atoms with Gasteiger partial charge in [-0.15, -0.1) is 0 Å². The minimum atomic E-state index is -2.12. The van der Waals surface area contributed by atoms with Crippen molar-refractivity contribution in [3.8, 4) is 51.7 Å². The molecule has 0 N–H and O–H groups in total. The topological polar surface area (TPSA) is 83.1 Å². The number of methoxy groups -OCH3 is 9. The molecule has 7 aromatic rings. The third kappa shape index (κ3) is 8.97. The molecule has 0 amide bonds. The molecular formula is C51H54BO9P. The molecule has 0 spiro atoms. The predicted octanol–water partition coefficient (Wildman–Crippen LogP) is 6.32. The molecule has 0 saturated heterocycles. The van der Waals surface area contributed by atoms with Gasteiger partial charge in [0.25, 0.3) is 0 Å². The summed E-state index contributed by atoms with van der Waals surface area (Å²) in [5.74, 6) is 5.11. The summed E-state index contributed by atoms with van der Waals surface area (Å²) >= 11 is 0. The maximum absolute atomic E-state index is 5.89. The van der Waals surface area contributed by atoms with Crippen molar-refractivity contribution in [2.24, 2.45) is 0 Å². The Morgan fingerprint density at radius 3 is 0.629 bits per heavy atom. The molecule has 0 atom stereocenters. The molecule has 9 nitrogen and oxygen atoms in total. The summed E-state index contributed by atoms with van der Waals surface area (Å²) < 4.78 is 51.9. The maximum Gasteiger partial charge on any atom is 0.186 e. The largest absolute Gasteiger partial charge is 0.496 e. The lowest BCUT2D eigenvalue weighted by atomic mass is 9.13. The summed E-state index contributed by atoms with van der Waals surface area (Å²) in [5.41, 5.74) is 5.36. The van der Waals surface area contributed by atoms with Gasteiger partial charge in [0, 0.05) is 36.4 Å². The first-order chi connectivity index (χ1) is 30.4. The van der Waals surface area contributed by atoms with Crippen molar-refractivity contribution in [2.45, 2.75) is 0 Å². The molecule has 7 rings (SSSR count). The third-order valence-electron chi connectivity index (χ3n) is 11.1. The first-order valence-electron chi connectivity index (χ1n) is 20.0. The van der Waals surface area contributed by atoms with Crippen LogP contribution < -0.4 is 80.4 Å². The van der Waals surface area contributed by atoms with E-state index in [1.807, 2.05) is 36.4 Å². The lowest BCUT2D eigenvalue weighted by molar-refractivity contribution is 0.378. The van der Waals surface area contributed by atoms with Crippen LogP contribution in [-0.4, -0.2) is 70.1 Å². The van der Waals surface area contributed by atoms with Gasteiger partial charge in [0.05, 0.1) is 64.0 Å². The highest BCUT2D eigenvalue weighted by atomic mass is 31.1. The molecule has 0 aliphatic heterocycles. The van der Waals surface area contributed by atoms with Crippen molar-refractivity contribution in [1.82, 2.24) is 0 Å². The zero-order valence-electron chi connectivity index (χ0n) is 36.8. The highest BCUT2D eigenvalue weighted by molar-refractivity contribution is 7.81. The number of ether oxygens (including phenoxy) is 9. The summed E-state index contributed by atoms with van der Waals surface area (Å²) in [6, 6.07) is 54.4. The van der Waals surface area contributed by atoms with E-state index in [4.69, 9.17) is 42.6 Å². The Hall–Kier alpha value is -6.77. The van der Waals surface area contributed by atoms with E-state index in [0.717, 1.165) is 15.9 Å². The normalized spacial score (nSPS) is 10.8. The summed E-state index contributed by atoms with van der Waals surface area (Å²) in [4.78, 5) is 0. The van der Waals surface area contributed by atoms with Gasteiger partial charge in [0.1, 0.15) is 31.3 Å². The van der Waals surface area contributed by atoms with Gasteiger partial charge in [0.15, 0.2) is 50.4 Å². The molecule has 62 heavy (non-hydrogen) atoms. The Morgan fingerprint density at radius 1 is 0.274 bits per heavy atom. The van der Waals surface area contributed by atoms with Crippen LogP contribution in [0.5, 0.6) is 51.7 Å². The smallest absolute Gasteiger partial charge is 0.186 e. The molecule has 0 aromatic heterocycles. The molecule has 11 heteroatoms. The Kier molecular flexibility index (Phi) is 15.3. The van der Waals surface area contributed by atoms with Gasteiger partial charge < -0.3 is 42.6 Å². The number of hydrogen-bond acceptors (Lipinski definition) is 9. The van der Waals surface area contributed by atoms with Crippen molar-refractivity contribution in [1.29, 1.82) is 0 Å². The highest BCUT2D eigenvalue weighted by Gasteiger charge is 2.43. The first-order valence-corrected chi connectivity index (χ1v) is 21.5. The lowest BCUT2D eigenvalue weighted by Gasteiger charge is -2.44. The molecule has 0 radical (unpaired) electrons. The van der Waals surface area contributed by atoms with E-state index in [0.29, 0.717) is 51.7 Å². The Balaban J connectivity index is 0.000000222. The van der Waals surface area contributed by atoms with Crippen molar-refractivity contribution < 1.29 is 42.6 Å². The zero-order chi connectivity index (χ0) is 44.1. The Bertz CT molecular complexity index is 2120. The summed E-state index contributed by atoms with van der Waals surface area (Å²) in [6.45, 7) is 0. The van der Waals surface area contributed by atoms with E-state index in [1.165, 1.54) is 21.9 Å². The average molecular weight is 853 g/mol. The minimum absolute atomic E-state index is 0.560. The van der Waals surface area contributed by atoms with Crippen molar-refractivity contribution >= 4 is 51.8 Å². The molecule has 320 valence electrons. The highest BCUT2D eigenvalue weighted by Crippen LogP contribution is 2.51. The van der Waals surface area contributed by atoms with Gasteiger partial charge in [-0.2, -0.15) is 21.9 Å². The van der Waals surface area contributed by atoms with Crippen molar-refractivity contribution in [3.63, 3.8) is 0 Å². The molecule has 7 aromatic carbocycles. The molecule has 0 aliphatic carbocycles. The molecular weight excluding hydrogens is 798 g/mol. The van der Waals surface area contributed by atoms with E-state index in [9.17, 15) is 0 Å². The van der Waals surface area contributed by atoms with Crippen LogP contribution >= 0.6 is 7.92 Å². The van der Waals surface area contributed by atoms with Gasteiger partial charge in [-0.25, -0.2) is 0 Å². The van der Waals surface area contributed by atoms with Gasteiger partial charge in [-0.1, -0.05) is 121 Å². The fourth-order valence-electron chi connectivity index (χ4n) is 8.25. The summed E-state index contributed by atoms with van der Waals surface area (Å²) in [5, 5.41) is 2.33. The molecule has 0 unspecified atom stereocenters. The monoisotopic (exact) mass is 852 g/mol. The van der Waals surface area contributed by atoms with Crippen LogP contribution in [0.4, 0.5) is 0 Å². The Morgan fingerprint density at radius 2 is 0.468 bits per heavy atom. The maximum atomic E-state index is 5.89. The van der Waals surface area contributed by atoms with E-state index in [1.54, 1.807) is 64.0 Å². The third-order valence-corrected chi connectivity index (χ3v) is 14.1. The predicted molar refractivity (Wildman–Crippen MR) is 256 cm³/mol. The van der Waals surface area contributed by atoms with Crippen LogP contribution in [0.3, 0.4) is 0 Å². The molecule has 0 fully saturated rings. The van der Waals surface area contributed by atoms with E-state index in [-0.39, 0.29) is 0 Å². The second-order valence-electron chi connectivity index (χ2n) is 14.1. The van der Waals surface area contributed by atoms with Crippen LogP contribution in [0.2, 0.25) is 0 Å². The van der Waals surface area contributed by atoms with Gasteiger partial charge in [-0.05, 0) is 0 Å². The molecule has 0 heterocycles. The van der Waals surface area contributed by atoms with Crippen LogP contribution in [0.1, 0.15) is 0 Å². The average Bonchev–Trinajstić information content (AvgIpc) is 3.35. The Labute approximate surface area is 366 Å². The van der Waals surface area contributed by atoms with Crippen molar-refractivity contribution in [3.05, 3.63) is 158 Å². The van der Waals surface area contributed by atoms with E-state index in [2.05, 4.69) is 121 Å². The second kappa shape index (κ2) is 21.2. The molecule has 0 saturated carbocycles. The van der Waals surface area contributed by atoms with Crippen LogP contribution in [-0.2, 0) is 0 Å². The fourth-order valence-corrected chi connectivity index (χ4v) is 11.5.